The first kappa shape index (κ1) is 22.9. The standard InChI is InChI=1S/C20H23BrClNO4S/c1-26-18-7-6-16(21)15(11-23-17(20(24)25)8-9-28-2)19(18)27-12-13-4-3-5-14(22)10-13/h3-7,10,17,23H,8-9,11-12H2,1-2H3,(H,24,25). The molecular formula is C20H23BrClNO4S. The maximum Gasteiger partial charge on any atom is 0.320 e. The molecule has 0 spiro atoms. The van der Waals surface area contributed by atoms with Crippen molar-refractivity contribution in [3.63, 3.8) is 0 Å². The van der Waals surface area contributed by atoms with Crippen LogP contribution < -0.4 is 14.8 Å². The number of nitrogens with one attached hydrogen (secondary N) is 1. The van der Waals surface area contributed by atoms with Gasteiger partial charge in [0.05, 0.1) is 7.11 Å². The lowest BCUT2D eigenvalue weighted by molar-refractivity contribution is -0.139. The first-order chi connectivity index (χ1) is 13.5. The fraction of sp³-hybridized carbons (Fsp3) is 0.350. The van der Waals surface area contributed by atoms with Crippen LogP contribution in [0.1, 0.15) is 17.5 Å². The molecule has 0 saturated heterocycles. The number of thioether (sulfide) groups is 1. The van der Waals surface area contributed by atoms with Gasteiger partial charge in [0.1, 0.15) is 12.6 Å². The molecule has 28 heavy (non-hydrogen) atoms. The summed E-state index contributed by atoms with van der Waals surface area (Å²) in [6.45, 7) is 0.642. The van der Waals surface area contributed by atoms with Gasteiger partial charge in [-0.15, -0.1) is 0 Å². The van der Waals surface area contributed by atoms with Crippen molar-refractivity contribution in [2.75, 3.05) is 19.1 Å². The molecule has 2 N–H and O–H groups in total. The van der Waals surface area contributed by atoms with Gasteiger partial charge < -0.3 is 19.9 Å². The molecule has 0 bridgehead atoms. The van der Waals surface area contributed by atoms with Crippen molar-refractivity contribution in [2.24, 2.45) is 0 Å². The highest BCUT2D eigenvalue weighted by molar-refractivity contribution is 9.10. The topological polar surface area (TPSA) is 67.8 Å². The van der Waals surface area contributed by atoms with Crippen LogP contribution in [0.2, 0.25) is 5.02 Å². The molecule has 1 unspecified atom stereocenters. The van der Waals surface area contributed by atoms with E-state index in [1.165, 1.54) is 0 Å². The summed E-state index contributed by atoms with van der Waals surface area (Å²) < 4.78 is 12.3. The third-order valence-electron chi connectivity index (χ3n) is 4.09. The zero-order chi connectivity index (χ0) is 20.5. The van der Waals surface area contributed by atoms with Crippen molar-refractivity contribution < 1.29 is 19.4 Å². The summed E-state index contributed by atoms with van der Waals surface area (Å²) in [4.78, 5) is 11.5. The molecule has 0 heterocycles. The minimum atomic E-state index is -0.866. The van der Waals surface area contributed by atoms with Crippen LogP contribution in [0.4, 0.5) is 0 Å². The number of carbonyl (C=O) groups is 1. The summed E-state index contributed by atoms with van der Waals surface area (Å²) in [5.74, 6) is 1.05. The number of methoxy groups -OCH3 is 1. The second-order valence-corrected chi connectivity index (χ2v) is 8.31. The fourth-order valence-electron chi connectivity index (χ4n) is 2.62. The Hall–Kier alpha value is -1.41. The number of aliphatic carboxylic acids is 1. The van der Waals surface area contributed by atoms with Crippen LogP contribution in [0.5, 0.6) is 11.5 Å². The zero-order valence-corrected chi connectivity index (χ0v) is 18.9. The third kappa shape index (κ3) is 6.58. The predicted octanol–water partition coefficient (Wildman–Crippen LogP) is 4.99. The maximum absolute atomic E-state index is 11.5. The Labute approximate surface area is 182 Å². The van der Waals surface area contributed by atoms with E-state index in [1.807, 2.05) is 36.6 Å². The lowest BCUT2D eigenvalue weighted by atomic mass is 10.1. The summed E-state index contributed by atoms with van der Waals surface area (Å²) in [5, 5.41) is 13.2. The Balaban J connectivity index is 2.21. The summed E-state index contributed by atoms with van der Waals surface area (Å²) in [7, 11) is 1.57. The Kier molecular flexibility index (Phi) is 9.44. The smallest absolute Gasteiger partial charge is 0.320 e. The number of carboxylic acid groups (broad SMARTS) is 1. The van der Waals surface area contributed by atoms with Crippen LogP contribution in [0.25, 0.3) is 0 Å². The van der Waals surface area contributed by atoms with Crippen LogP contribution in [-0.2, 0) is 17.9 Å². The third-order valence-corrected chi connectivity index (χ3v) is 5.72. The van der Waals surface area contributed by atoms with Gasteiger partial charge in [0.15, 0.2) is 11.5 Å². The van der Waals surface area contributed by atoms with Crippen molar-refractivity contribution in [2.45, 2.75) is 25.6 Å². The second-order valence-electron chi connectivity index (χ2n) is 6.03. The molecule has 0 saturated carbocycles. The average molecular weight is 489 g/mol. The Morgan fingerprint density at radius 2 is 2.14 bits per heavy atom. The molecule has 0 aromatic heterocycles. The van der Waals surface area contributed by atoms with Crippen molar-refractivity contribution in [1.82, 2.24) is 5.32 Å². The maximum atomic E-state index is 11.5. The quantitative estimate of drug-likeness (QED) is 0.465. The van der Waals surface area contributed by atoms with Crippen molar-refractivity contribution in [1.29, 1.82) is 0 Å². The van der Waals surface area contributed by atoms with Gasteiger partial charge in [0.25, 0.3) is 0 Å². The Morgan fingerprint density at radius 3 is 2.79 bits per heavy atom. The normalized spacial score (nSPS) is 11.9. The summed E-state index contributed by atoms with van der Waals surface area (Å²) in [6, 6.07) is 10.5. The largest absolute Gasteiger partial charge is 0.493 e. The van der Waals surface area contributed by atoms with E-state index >= 15 is 0 Å². The molecule has 0 fully saturated rings. The van der Waals surface area contributed by atoms with E-state index in [1.54, 1.807) is 24.9 Å². The van der Waals surface area contributed by atoms with Gasteiger partial charge in [-0.2, -0.15) is 11.8 Å². The molecular weight excluding hydrogens is 466 g/mol. The minimum absolute atomic E-state index is 0.315. The molecule has 1 atom stereocenters. The zero-order valence-electron chi connectivity index (χ0n) is 15.7. The fourth-order valence-corrected chi connectivity index (χ4v) is 3.76. The lowest BCUT2D eigenvalue weighted by Crippen LogP contribution is -2.36. The Morgan fingerprint density at radius 1 is 1.36 bits per heavy atom. The molecule has 152 valence electrons. The average Bonchev–Trinajstić information content (AvgIpc) is 2.67. The first-order valence-corrected chi connectivity index (χ1v) is 11.2. The molecule has 0 radical (unpaired) electrons. The number of benzene rings is 2. The van der Waals surface area contributed by atoms with Crippen LogP contribution >= 0.6 is 39.3 Å². The molecule has 2 aromatic carbocycles. The van der Waals surface area contributed by atoms with E-state index in [-0.39, 0.29) is 0 Å². The van der Waals surface area contributed by atoms with Crippen LogP contribution in [0.15, 0.2) is 40.9 Å². The monoisotopic (exact) mass is 487 g/mol. The van der Waals surface area contributed by atoms with Crippen LogP contribution in [-0.4, -0.2) is 36.2 Å². The Bertz CT molecular complexity index is 806. The van der Waals surface area contributed by atoms with E-state index in [9.17, 15) is 9.90 Å². The van der Waals surface area contributed by atoms with Gasteiger partial charge in [0, 0.05) is 21.6 Å². The van der Waals surface area contributed by atoms with Gasteiger partial charge in [0.2, 0.25) is 0 Å². The van der Waals surface area contributed by atoms with Gasteiger partial charge in [-0.1, -0.05) is 39.7 Å². The van der Waals surface area contributed by atoms with E-state index in [0.29, 0.717) is 36.1 Å². The highest BCUT2D eigenvalue weighted by Crippen LogP contribution is 2.37. The number of hydrogen-bond donors (Lipinski definition) is 2. The molecule has 5 nitrogen and oxygen atoms in total. The van der Waals surface area contributed by atoms with Crippen LogP contribution in [0.3, 0.4) is 0 Å². The molecule has 2 aromatic rings. The van der Waals surface area contributed by atoms with Gasteiger partial charge in [-0.25, -0.2) is 0 Å². The molecule has 0 amide bonds. The van der Waals surface area contributed by atoms with Gasteiger partial charge >= 0.3 is 5.97 Å². The van der Waals surface area contributed by atoms with Crippen molar-refractivity contribution in [3.05, 3.63) is 57.0 Å². The highest BCUT2D eigenvalue weighted by Gasteiger charge is 2.20. The second kappa shape index (κ2) is 11.6. The number of rotatable bonds is 11. The number of halogens is 2. The lowest BCUT2D eigenvalue weighted by Gasteiger charge is -2.19. The van der Waals surface area contributed by atoms with E-state index in [2.05, 4.69) is 21.2 Å². The summed E-state index contributed by atoms with van der Waals surface area (Å²) in [6.07, 6.45) is 2.50. The first-order valence-electron chi connectivity index (χ1n) is 8.64. The van der Waals surface area contributed by atoms with E-state index in [4.69, 9.17) is 21.1 Å². The highest BCUT2D eigenvalue weighted by atomic mass is 79.9. The van der Waals surface area contributed by atoms with E-state index in [0.717, 1.165) is 21.4 Å². The molecule has 0 aliphatic carbocycles. The SMILES string of the molecule is COc1ccc(Br)c(CNC(CCSC)C(=O)O)c1OCc1cccc(Cl)c1. The van der Waals surface area contributed by atoms with E-state index < -0.39 is 12.0 Å². The number of ether oxygens (including phenoxy) is 2. The number of carboxylic acids is 1. The van der Waals surface area contributed by atoms with Gasteiger partial charge in [-0.3, -0.25) is 4.79 Å². The van der Waals surface area contributed by atoms with Crippen molar-refractivity contribution >= 4 is 45.3 Å². The molecule has 8 heteroatoms. The van der Waals surface area contributed by atoms with Crippen molar-refractivity contribution in [3.8, 4) is 11.5 Å². The van der Waals surface area contributed by atoms with Crippen LogP contribution in [0, 0.1) is 0 Å². The predicted molar refractivity (Wildman–Crippen MR) is 118 cm³/mol. The molecule has 0 aliphatic heterocycles. The number of hydrogen-bond acceptors (Lipinski definition) is 5. The molecule has 2 rings (SSSR count). The summed E-state index contributed by atoms with van der Waals surface area (Å²) in [5.41, 5.74) is 1.73. The summed E-state index contributed by atoms with van der Waals surface area (Å²) >= 11 is 11.2. The molecule has 0 aliphatic rings. The van der Waals surface area contributed by atoms with Gasteiger partial charge in [-0.05, 0) is 48.3 Å². The minimum Gasteiger partial charge on any atom is -0.493 e.